The van der Waals surface area contributed by atoms with Crippen molar-refractivity contribution in [1.29, 1.82) is 0 Å². The molecule has 2 fully saturated rings. The number of fused-ring (bicyclic) bond motifs is 1. The molecule has 5 rings (SSSR count). The standard InChI is InChI=1S/C23H26N4O3S/c28-22-23(26-21(25-22)18-5-2-1-3-6-18)11-14-27(15-12-23)31(29,30)16-10-17-7-4-8-20-19(17)9-13-24-20/h4,7-9,13,18,24H,1-3,5-6,11-12,14-15H2,(H,25,26,28). The third kappa shape index (κ3) is 3.77. The lowest BCUT2D eigenvalue weighted by molar-refractivity contribution is -0.124. The van der Waals surface area contributed by atoms with Crippen LogP contribution in [0, 0.1) is 17.1 Å². The van der Waals surface area contributed by atoms with Gasteiger partial charge in [0, 0.05) is 46.9 Å². The van der Waals surface area contributed by atoms with Gasteiger partial charge in [-0.15, -0.1) is 0 Å². The molecule has 3 heterocycles. The SMILES string of the molecule is O=C1NC(C2CCCCC2)=NC12CCN(S(=O)(=O)C#Cc1cccc3[nH]ccc13)CC2. The first-order chi connectivity index (χ1) is 15.0. The quantitative estimate of drug-likeness (QED) is 0.706. The van der Waals surface area contributed by atoms with E-state index in [-0.39, 0.29) is 19.0 Å². The molecule has 3 aliphatic rings. The Morgan fingerprint density at radius 3 is 2.65 bits per heavy atom. The van der Waals surface area contributed by atoms with Crippen LogP contribution in [-0.4, -0.2) is 48.1 Å². The summed E-state index contributed by atoms with van der Waals surface area (Å²) in [5, 5.41) is 6.38. The number of aromatic amines is 1. The zero-order valence-electron chi connectivity index (χ0n) is 17.4. The van der Waals surface area contributed by atoms with Crippen molar-refractivity contribution in [2.45, 2.75) is 50.5 Å². The van der Waals surface area contributed by atoms with Crippen molar-refractivity contribution < 1.29 is 13.2 Å². The molecule has 7 nitrogen and oxygen atoms in total. The molecule has 1 saturated heterocycles. The lowest BCUT2D eigenvalue weighted by Gasteiger charge is -2.33. The summed E-state index contributed by atoms with van der Waals surface area (Å²) in [4.78, 5) is 20.7. The Kier molecular flexibility index (Phi) is 5.11. The molecule has 0 unspecified atom stereocenters. The van der Waals surface area contributed by atoms with Crippen molar-refractivity contribution in [3.63, 3.8) is 0 Å². The number of nitrogens with zero attached hydrogens (tertiary/aromatic N) is 2. The minimum atomic E-state index is -3.75. The second-order valence-corrected chi connectivity index (χ2v) is 10.4. The Morgan fingerprint density at radius 1 is 1.10 bits per heavy atom. The van der Waals surface area contributed by atoms with Gasteiger partial charge in [-0.1, -0.05) is 25.3 Å². The monoisotopic (exact) mass is 438 g/mol. The van der Waals surface area contributed by atoms with Crippen LogP contribution in [0.1, 0.15) is 50.5 Å². The smallest absolute Gasteiger partial charge is 0.283 e. The van der Waals surface area contributed by atoms with Gasteiger partial charge in [0.05, 0.1) is 0 Å². The zero-order chi connectivity index (χ0) is 21.5. The summed E-state index contributed by atoms with van der Waals surface area (Å²) in [7, 11) is -3.75. The molecule has 2 aliphatic heterocycles. The molecule has 1 amide bonds. The summed E-state index contributed by atoms with van der Waals surface area (Å²) < 4.78 is 27.1. The van der Waals surface area contributed by atoms with Gasteiger partial charge in [0.25, 0.3) is 15.9 Å². The fourth-order valence-corrected chi connectivity index (χ4v) is 5.96. The summed E-state index contributed by atoms with van der Waals surface area (Å²) in [5.41, 5.74) is 0.777. The van der Waals surface area contributed by atoms with Gasteiger partial charge in [-0.3, -0.25) is 9.79 Å². The number of hydrogen-bond donors (Lipinski definition) is 2. The van der Waals surface area contributed by atoms with Crippen molar-refractivity contribution in [1.82, 2.24) is 14.6 Å². The molecular formula is C23H26N4O3S. The van der Waals surface area contributed by atoms with Crippen molar-refractivity contribution in [2.24, 2.45) is 10.9 Å². The van der Waals surface area contributed by atoms with Crippen LogP contribution in [0.5, 0.6) is 0 Å². The van der Waals surface area contributed by atoms with E-state index < -0.39 is 15.6 Å². The maximum atomic E-state index is 12.8. The van der Waals surface area contributed by atoms with E-state index in [0.29, 0.717) is 24.3 Å². The molecule has 31 heavy (non-hydrogen) atoms. The molecule has 162 valence electrons. The number of amides is 1. The normalized spacial score (nSPS) is 22.2. The van der Waals surface area contributed by atoms with E-state index in [1.54, 1.807) is 0 Å². The van der Waals surface area contributed by atoms with Crippen molar-refractivity contribution in [3.8, 4) is 11.2 Å². The van der Waals surface area contributed by atoms with Gasteiger partial charge in [0.1, 0.15) is 11.4 Å². The molecule has 1 aromatic carbocycles. The summed E-state index contributed by atoms with van der Waals surface area (Å²) in [6, 6.07) is 7.47. The van der Waals surface area contributed by atoms with E-state index in [2.05, 4.69) is 21.5 Å². The predicted molar refractivity (Wildman–Crippen MR) is 120 cm³/mol. The minimum Gasteiger partial charge on any atom is -0.361 e. The maximum absolute atomic E-state index is 12.8. The fourth-order valence-electron chi connectivity index (χ4n) is 4.93. The molecule has 1 spiro atoms. The number of benzene rings is 1. The third-order valence-electron chi connectivity index (χ3n) is 6.79. The molecule has 2 N–H and O–H groups in total. The number of rotatable bonds is 2. The van der Waals surface area contributed by atoms with Crippen LogP contribution in [-0.2, 0) is 14.8 Å². The average Bonchev–Trinajstić information content (AvgIpc) is 3.39. The minimum absolute atomic E-state index is 0.0738. The van der Waals surface area contributed by atoms with E-state index in [9.17, 15) is 13.2 Å². The molecule has 1 saturated carbocycles. The Balaban J connectivity index is 1.31. The van der Waals surface area contributed by atoms with Crippen molar-refractivity contribution in [2.75, 3.05) is 13.1 Å². The molecule has 8 heteroatoms. The first kappa shape index (κ1) is 20.3. The largest absolute Gasteiger partial charge is 0.361 e. The zero-order valence-corrected chi connectivity index (χ0v) is 18.2. The van der Waals surface area contributed by atoms with Crippen LogP contribution < -0.4 is 5.32 Å². The summed E-state index contributed by atoms with van der Waals surface area (Å²) in [5.74, 6) is 3.90. The van der Waals surface area contributed by atoms with E-state index in [0.717, 1.165) is 29.6 Å². The number of carbonyl (C=O) groups is 1. The third-order valence-corrected chi connectivity index (χ3v) is 8.19. The Morgan fingerprint density at radius 2 is 1.87 bits per heavy atom. The topological polar surface area (TPSA) is 94.6 Å². The predicted octanol–water partition coefficient (Wildman–Crippen LogP) is 2.75. The van der Waals surface area contributed by atoms with Gasteiger partial charge in [-0.2, -0.15) is 12.7 Å². The number of nitrogens with one attached hydrogen (secondary N) is 2. The van der Waals surface area contributed by atoms with Gasteiger partial charge in [0.15, 0.2) is 0 Å². The van der Waals surface area contributed by atoms with Gasteiger partial charge in [0.2, 0.25) is 0 Å². The van der Waals surface area contributed by atoms with Crippen LogP contribution in [0.15, 0.2) is 35.5 Å². The number of sulfonamides is 1. The van der Waals surface area contributed by atoms with E-state index in [1.807, 2.05) is 30.5 Å². The van der Waals surface area contributed by atoms with Crippen LogP contribution in [0.2, 0.25) is 0 Å². The number of aliphatic imine (C=N–C) groups is 1. The summed E-state index contributed by atoms with van der Waals surface area (Å²) in [6.07, 6.45) is 8.32. The molecule has 0 radical (unpaired) electrons. The molecule has 1 aliphatic carbocycles. The lowest BCUT2D eigenvalue weighted by Crippen LogP contribution is -2.50. The summed E-state index contributed by atoms with van der Waals surface area (Å²) >= 11 is 0. The summed E-state index contributed by atoms with van der Waals surface area (Å²) in [6.45, 7) is 0.500. The lowest BCUT2D eigenvalue weighted by atomic mass is 9.88. The fraction of sp³-hybridized carbons (Fsp3) is 0.478. The molecule has 0 bridgehead atoms. The van der Waals surface area contributed by atoms with Crippen LogP contribution in [0.4, 0.5) is 0 Å². The highest BCUT2D eigenvalue weighted by Gasteiger charge is 2.48. The highest BCUT2D eigenvalue weighted by atomic mass is 32.2. The Bertz CT molecular complexity index is 1200. The first-order valence-electron chi connectivity index (χ1n) is 11.0. The van der Waals surface area contributed by atoms with Crippen LogP contribution in [0.3, 0.4) is 0 Å². The van der Waals surface area contributed by atoms with E-state index in [1.165, 1.54) is 23.6 Å². The molecule has 0 atom stereocenters. The van der Waals surface area contributed by atoms with Gasteiger partial charge in [-0.25, -0.2) is 0 Å². The number of piperidine rings is 1. The number of hydrogen-bond acceptors (Lipinski definition) is 4. The van der Waals surface area contributed by atoms with Crippen LogP contribution >= 0.6 is 0 Å². The first-order valence-corrected chi connectivity index (χ1v) is 12.4. The van der Waals surface area contributed by atoms with Crippen LogP contribution in [0.25, 0.3) is 10.9 Å². The highest BCUT2D eigenvalue weighted by molar-refractivity contribution is 7.93. The number of amidine groups is 1. The Labute approximate surface area is 182 Å². The number of aromatic nitrogens is 1. The van der Waals surface area contributed by atoms with Crippen molar-refractivity contribution >= 4 is 32.7 Å². The average molecular weight is 439 g/mol. The molecule has 2 aromatic rings. The van der Waals surface area contributed by atoms with Gasteiger partial charge < -0.3 is 10.3 Å². The maximum Gasteiger partial charge on any atom is 0.283 e. The second-order valence-electron chi connectivity index (χ2n) is 8.69. The van der Waals surface area contributed by atoms with E-state index >= 15 is 0 Å². The van der Waals surface area contributed by atoms with E-state index in [4.69, 9.17) is 4.99 Å². The number of carbonyl (C=O) groups excluding carboxylic acids is 1. The molecular weight excluding hydrogens is 412 g/mol. The number of H-pyrrole nitrogens is 1. The Hall–Kier alpha value is -2.63. The van der Waals surface area contributed by atoms with Gasteiger partial charge in [-0.05, 0) is 49.8 Å². The molecule has 1 aromatic heterocycles. The van der Waals surface area contributed by atoms with Gasteiger partial charge >= 0.3 is 0 Å². The van der Waals surface area contributed by atoms with Crippen molar-refractivity contribution in [3.05, 3.63) is 36.0 Å². The highest BCUT2D eigenvalue weighted by Crippen LogP contribution is 2.34. The second kappa shape index (κ2) is 7.81.